The second-order valence-electron chi connectivity index (χ2n) is 4.98. The van der Waals surface area contributed by atoms with E-state index in [1.54, 1.807) is 23.1 Å². The molecule has 0 fully saturated rings. The van der Waals surface area contributed by atoms with Gasteiger partial charge in [-0.15, -0.1) is 23.1 Å². The van der Waals surface area contributed by atoms with Crippen LogP contribution in [0, 0.1) is 0 Å². The minimum atomic E-state index is 0.407. The Bertz CT molecular complexity index is 319. The van der Waals surface area contributed by atoms with Crippen molar-refractivity contribution in [1.29, 1.82) is 0 Å². The molecule has 0 aliphatic carbocycles. The van der Waals surface area contributed by atoms with E-state index >= 15 is 0 Å². The predicted molar refractivity (Wildman–Crippen MR) is 87.3 cm³/mol. The summed E-state index contributed by atoms with van der Waals surface area (Å²) in [4.78, 5) is 11.7. The van der Waals surface area contributed by atoms with E-state index in [1.807, 2.05) is 6.07 Å². The fourth-order valence-electron chi connectivity index (χ4n) is 2.03. The maximum absolute atomic E-state index is 11.7. The van der Waals surface area contributed by atoms with Crippen molar-refractivity contribution in [2.75, 3.05) is 5.75 Å². The van der Waals surface area contributed by atoms with Crippen LogP contribution in [0.3, 0.4) is 0 Å². The van der Waals surface area contributed by atoms with Crippen molar-refractivity contribution in [1.82, 2.24) is 0 Å². The minimum absolute atomic E-state index is 0.407. The summed E-state index contributed by atoms with van der Waals surface area (Å²) in [7, 11) is 0. The number of hydrogen-bond donors (Lipinski definition) is 0. The van der Waals surface area contributed by atoms with Crippen LogP contribution in [0.4, 0.5) is 0 Å². The van der Waals surface area contributed by atoms with E-state index in [1.165, 1.54) is 49.2 Å². The normalized spacial score (nSPS) is 10.8. The lowest BCUT2D eigenvalue weighted by molar-refractivity contribution is -0.116. The molecule has 1 rings (SSSR count). The number of unbranched alkanes of at least 4 members (excludes halogenated alkanes) is 7. The third kappa shape index (κ3) is 9.28. The van der Waals surface area contributed by atoms with Gasteiger partial charge in [0, 0.05) is 6.42 Å². The molecule has 0 bridgehead atoms. The van der Waals surface area contributed by atoms with Crippen molar-refractivity contribution in [2.24, 2.45) is 0 Å². The first kappa shape index (κ1) is 16.8. The van der Waals surface area contributed by atoms with Crippen LogP contribution in [0.2, 0.25) is 0 Å². The van der Waals surface area contributed by atoms with Gasteiger partial charge in [-0.05, 0) is 17.9 Å². The smallest absolute Gasteiger partial charge is 0.143 e. The SMILES string of the molecule is CCCCCCCCCCC(=O)CSc1cccs1. The average Bonchev–Trinajstić information content (AvgIpc) is 2.93. The molecule has 0 spiro atoms. The molecule has 0 saturated heterocycles. The largest absolute Gasteiger partial charge is 0.299 e. The van der Waals surface area contributed by atoms with Gasteiger partial charge < -0.3 is 0 Å². The Morgan fingerprint density at radius 2 is 1.79 bits per heavy atom. The number of carbonyl (C=O) groups is 1. The molecular weight excluding hydrogens is 272 g/mol. The number of carbonyl (C=O) groups excluding carboxylic acids is 1. The van der Waals surface area contributed by atoms with Crippen molar-refractivity contribution >= 4 is 28.9 Å². The summed E-state index contributed by atoms with van der Waals surface area (Å²) in [5.41, 5.74) is 0. The highest BCUT2D eigenvalue weighted by Crippen LogP contribution is 2.23. The number of ketones is 1. The molecule has 0 aliphatic rings. The second kappa shape index (κ2) is 11.5. The zero-order valence-electron chi connectivity index (χ0n) is 12.0. The van der Waals surface area contributed by atoms with Gasteiger partial charge in [0.25, 0.3) is 0 Å². The molecule has 3 heteroatoms. The Hall–Kier alpha value is -0.280. The molecule has 1 nitrogen and oxygen atoms in total. The highest BCUT2D eigenvalue weighted by atomic mass is 32.2. The summed E-state index contributed by atoms with van der Waals surface area (Å²) in [6, 6.07) is 4.12. The minimum Gasteiger partial charge on any atom is -0.299 e. The lowest BCUT2D eigenvalue weighted by Gasteiger charge is -2.01. The van der Waals surface area contributed by atoms with E-state index in [0.29, 0.717) is 11.5 Å². The number of rotatable bonds is 12. The summed E-state index contributed by atoms with van der Waals surface area (Å²) >= 11 is 3.40. The number of Topliss-reactive ketones (excluding diaryl/α,β-unsaturated/α-hetero) is 1. The molecule has 0 saturated carbocycles. The molecule has 0 unspecified atom stereocenters. The molecule has 108 valence electrons. The average molecular weight is 299 g/mol. The van der Waals surface area contributed by atoms with Gasteiger partial charge in [0.2, 0.25) is 0 Å². The summed E-state index contributed by atoms with van der Waals surface area (Å²) in [5, 5.41) is 2.06. The Balaban J connectivity index is 1.87. The van der Waals surface area contributed by atoms with Crippen molar-refractivity contribution in [3.63, 3.8) is 0 Å². The lowest BCUT2D eigenvalue weighted by Crippen LogP contribution is -2.00. The first-order valence-electron chi connectivity index (χ1n) is 7.51. The number of thioether (sulfide) groups is 1. The molecule has 0 aliphatic heterocycles. The standard InChI is InChI=1S/C16H26OS2/c1-2-3-4-5-6-7-8-9-11-15(17)14-19-16-12-10-13-18-16/h10,12-13H,2-9,11,14H2,1H3. The molecule has 0 amide bonds. The van der Waals surface area contributed by atoms with Crippen LogP contribution in [0.1, 0.15) is 64.7 Å². The van der Waals surface area contributed by atoms with Gasteiger partial charge in [-0.25, -0.2) is 0 Å². The van der Waals surface area contributed by atoms with E-state index in [-0.39, 0.29) is 0 Å². The molecule has 1 heterocycles. The Morgan fingerprint density at radius 1 is 1.11 bits per heavy atom. The summed E-state index contributed by atoms with van der Waals surface area (Å²) in [6.45, 7) is 2.25. The zero-order chi connectivity index (χ0) is 13.8. The Labute approximate surface area is 126 Å². The lowest BCUT2D eigenvalue weighted by atomic mass is 10.1. The van der Waals surface area contributed by atoms with Gasteiger partial charge in [-0.3, -0.25) is 4.79 Å². The van der Waals surface area contributed by atoms with E-state index in [4.69, 9.17) is 0 Å². The number of hydrogen-bond acceptors (Lipinski definition) is 3. The Kier molecular flexibility index (Phi) is 10.2. The van der Waals surface area contributed by atoms with Crippen LogP contribution in [0.25, 0.3) is 0 Å². The third-order valence-electron chi connectivity index (χ3n) is 3.18. The van der Waals surface area contributed by atoms with Crippen LogP contribution in [-0.2, 0) is 4.79 Å². The van der Waals surface area contributed by atoms with Gasteiger partial charge in [0.05, 0.1) is 9.96 Å². The summed E-state index contributed by atoms with van der Waals surface area (Å²) in [5.74, 6) is 1.06. The molecule has 1 aromatic rings. The molecule has 0 aromatic carbocycles. The summed E-state index contributed by atoms with van der Waals surface area (Å²) in [6.07, 6.45) is 11.2. The fourth-order valence-corrected chi connectivity index (χ4v) is 3.71. The maximum atomic E-state index is 11.7. The van der Waals surface area contributed by atoms with E-state index in [0.717, 1.165) is 12.8 Å². The molecular formula is C16H26OS2. The van der Waals surface area contributed by atoms with Gasteiger partial charge in [-0.2, -0.15) is 0 Å². The van der Waals surface area contributed by atoms with E-state index < -0.39 is 0 Å². The number of thiophene rings is 1. The molecule has 0 N–H and O–H groups in total. The molecule has 1 aromatic heterocycles. The monoisotopic (exact) mass is 298 g/mol. The van der Waals surface area contributed by atoms with Crippen molar-refractivity contribution in [2.45, 2.75) is 68.9 Å². The van der Waals surface area contributed by atoms with Gasteiger partial charge in [0.15, 0.2) is 0 Å². The first-order chi connectivity index (χ1) is 9.33. The zero-order valence-corrected chi connectivity index (χ0v) is 13.7. The van der Waals surface area contributed by atoms with E-state index in [9.17, 15) is 4.79 Å². The first-order valence-corrected chi connectivity index (χ1v) is 9.37. The quantitative estimate of drug-likeness (QED) is 0.351. The van der Waals surface area contributed by atoms with Gasteiger partial charge in [-0.1, -0.05) is 57.9 Å². The maximum Gasteiger partial charge on any atom is 0.143 e. The van der Waals surface area contributed by atoms with Crippen molar-refractivity contribution in [3.05, 3.63) is 17.5 Å². The van der Waals surface area contributed by atoms with Crippen molar-refractivity contribution < 1.29 is 4.79 Å². The van der Waals surface area contributed by atoms with Gasteiger partial charge in [0.1, 0.15) is 5.78 Å². The highest BCUT2D eigenvalue weighted by Gasteiger charge is 2.03. The van der Waals surface area contributed by atoms with Crippen LogP contribution >= 0.6 is 23.1 Å². The van der Waals surface area contributed by atoms with E-state index in [2.05, 4.69) is 18.4 Å². The summed E-state index contributed by atoms with van der Waals surface area (Å²) < 4.78 is 1.25. The predicted octanol–water partition coefficient (Wildman–Crippen LogP) is 5.94. The van der Waals surface area contributed by atoms with Crippen LogP contribution in [0.15, 0.2) is 21.7 Å². The highest BCUT2D eigenvalue weighted by molar-refractivity contribution is 8.01. The van der Waals surface area contributed by atoms with Crippen LogP contribution in [-0.4, -0.2) is 11.5 Å². The van der Waals surface area contributed by atoms with Gasteiger partial charge >= 0.3 is 0 Å². The fraction of sp³-hybridized carbons (Fsp3) is 0.688. The molecule has 0 atom stereocenters. The second-order valence-corrected chi connectivity index (χ2v) is 7.21. The van der Waals surface area contributed by atoms with Crippen LogP contribution in [0.5, 0.6) is 0 Å². The topological polar surface area (TPSA) is 17.1 Å². The molecule has 0 radical (unpaired) electrons. The van der Waals surface area contributed by atoms with Crippen LogP contribution < -0.4 is 0 Å². The van der Waals surface area contributed by atoms with Crippen molar-refractivity contribution in [3.8, 4) is 0 Å². The molecule has 19 heavy (non-hydrogen) atoms. The Morgan fingerprint density at radius 3 is 2.42 bits per heavy atom. The third-order valence-corrected chi connectivity index (χ3v) is 5.37.